The number of hydrogen-bond acceptors (Lipinski definition) is 1. The van der Waals surface area contributed by atoms with Crippen LogP contribution in [-0.4, -0.2) is 12.6 Å². The van der Waals surface area contributed by atoms with E-state index in [0.717, 1.165) is 24.9 Å². The Morgan fingerprint density at radius 2 is 2.09 bits per heavy atom. The van der Waals surface area contributed by atoms with Crippen molar-refractivity contribution in [2.75, 3.05) is 6.54 Å². The highest BCUT2D eigenvalue weighted by molar-refractivity contribution is 4.76. The van der Waals surface area contributed by atoms with Gasteiger partial charge in [0.05, 0.1) is 0 Å². The SMILES string of the molecule is [CH2]CCNC(C)C1CCCC1. The van der Waals surface area contributed by atoms with Gasteiger partial charge < -0.3 is 5.32 Å². The van der Waals surface area contributed by atoms with Gasteiger partial charge in [-0.3, -0.25) is 0 Å². The quantitative estimate of drug-likeness (QED) is 0.655. The van der Waals surface area contributed by atoms with E-state index in [1.54, 1.807) is 0 Å². The van der Waals surface area contributed by atoms with Gasteiger partial charge in [0, 0.05) is 6.04 Å². The van der Waals surface area contributed by atoms with Gasteiger partial charge in [0.2, 0.25) is 0 Å². The van der Waals surface area contributed by atoms with Crippen LogP contribution in [0.15, 0.2) is 0 Å². The van der Waals surface area contributed by atoms with Crippen molar-refractivity contribution >= 4 is 0 Å². The van der Waals surface area contributed by atoms with Gasteiger partial charge in [0.25, 0.3) is 0 Å². The van der Waals surface area contributed by atoms with Gasteiger partial charge in [0.15, 0.2) is 0 Å². The molecule has 11 heavy (non-hydrogen) atoms. The van der Waals surface area contributed by atoms with E-state index in [-0.39, 0.29) is 0 Å². The minimum absolute atomic E-state index is 0.722. The monoisotopic (exact) mass is 154 g/mol. The summed E-state index contributed by atoms with van der Waals surface area (Å²) in [5.74, 6) is 0.946. The Morgan fingerprint density at radius 1 is 1.45 bits per heavy atom. The van der Waals surface area contributed by atoms with Crippen LogP contribution in [0.25, 0.3) is 0 Å². The lowest BCUT2D eigenvalue weighted by Gasteiger charge is -2.19. The number of hydrogen-bond donors (Lipinski definition) is 1. The smallest absolute Gasteiger partial charge is 0.00669 e. The topological polar surface area (TPSA) is 12.0 Å². The molecule has 1 heteroatoms. The van der Waals surface area contributed by atoms with Gasteiger partial charge in [-0.25, -0.2) is 0 Å². The Labute approximate surface area is 70.6 Å². The van der Waals surface area contributed by atoms with Crippen LogP contribution in [0.5, 0.6) is 0 Å². The first-order valence-corrected chi connectivity index (χ1v) is 4.87. The van der Waals surface area contributed by atoms with Crippen molar-refractivity contribution in [2.24, 2.45) is 5.92 Å². The summed E-state index contributed by atoms with van der Waals surface area (Å²) in [6.45, 7) is 7.21. The number of nitrogens with one attached hydrogen (secondary N) is 1. The first-order valence-electron chi connectivity index (χ1n) is 4.87. The van der Waals surface area contributed by atoms with Gasteiger partial charge in [-0.2, -0.15) is 0 Å². The molecule has 1 fully saturated rings. The molecule has 1 saturated carbocycles. The number of rotatable bonds is 4. The maximum atomic E-state index is 3.82. The van der Waals surface area contributed by atoms with Gasteiger partial charge in [-0.05, 0) is 38.6 Å². The minimum atomic E-state index is 0.722. The van der Waals surface area contributed by atoms with Gasteiger partial charge in [-0.15, -0.1) is 0 Å². The van der Waals surface area contributed by atoms with E-state index in [0.29, 0.717) is 0 Å². The Hall–Kier alpha value is -0.0400. The van der Waals surface area contributed by atoms with Crippen LogP contribution >= 0.6 is 0 Å². The summed E-state index contributed by atoms with van der Waals surface area (Å²) in [7, 11) is 0. The molecule has 1 nitrogen and oxygen atoms in total. The summed E-state index contributed by atoms with van der Waals surface area (Å²) in [5.41, 5.74) is 0. The third kappa shape index (κ3) is 2.82. The molecule has 0 heterocycles. The van der Waals surface area contributed by atoms with E-state index in [9.17, 15) is 0 Å². The van der Waals surface area contributed by atoms with Crippen LogP contribution in [0.3, 0.4) is 0 Å². The third-order valence-corrected chi connectivity index (χ3v) is 2.75. The van der Waals surface area contributed by atoms with Gasteiger partial charge >= 0.3 is 0 Å². The summed E-state index contributed by atoms with van der Waals surface area (Å²) in [6.07, 6.45) is 6.77. The summed E-state index contributed by atoms with van der Waals surface area (Å²) < 4.78 is 0. The zero-order chi connectivity index (χ0) is 8.10. The average molecular weight is 154 g/mol. The predicted octanol–water partition coefficient (Wildman–Crippen LogP) is 2.38. The van der Waals surface area contributed by atoms with E-state index < -0.39 is 0 Å². The fraction of sp³-hybridized carbons (Fsp3) is 0.900. The molecule has 0 aromatic rings. The first-order chi connectivity index (χ1) is 5.34. The van der Waals surface area contributed by atoms with Gasteiger partial charge in [0.1, 0.15) is 0 Å². The molecule has 0 spiro atoms. The lowest BCUT2D eigenvalue weighted by Crippen LogP contribution is -2.32. The Bertz CT molecular complexity index is 95.0. The minimum Gasteiger partial charge on any atom is -0.314 e. The predicted molar refractivity (Wildman–Crippen MR) is 49.4 cm³/mol. The Morgan fingerprint density at radius 3 is 2.64 bits per heavy atom. The molecular weight excluding hydrogens is 134 g/mol. The summed E-state index contributed by atoms with van der Waals surface area (Å²) in [6, 6.07) is 0.722. The molecule has 0 aliphatic heterocycles. The van der Waals surface area contributed by atoms with Crippen LogP contribution in [0.4, 0.5) is 0 Å². The van der Waals surface area contributed by atoms with Crippen LogP contribution < -0.4 is 5.32 Å². The highest BCUT2D eigenvalue weighted by Gasteiger charge is 2.20. The van der Waals surface area contributed by atoms with Crippen molar-refractivity contribution in [1.82, 2.24) is 5.32 Å². The van der Waals surface area contributed by atoms with Crippen LogP contribution in [0.1, 0.15) is 39.0 Å². The van der Waals surface area contributed by atoms with Crippen LogP contribution in [-0.2, 0) is 0 Å². The Kier molecular flexibility index (Phi) is 3.92. The summed E-state index contributed by atoms with van der Waals surface area (Å²) in [5, 5.41) is 3.51. The fourth-order valence-electron chi connectivity index (χ4n) is 1.95. The van der Waals surface area contributed by atoms with E-state index in [1.807, 2.05) is 0 Å². The molecule has 1 rings (SSSR count). The highest BCUT2D eigenvalue weighted by Crippen LogP contribution is 2.27. The van der Waals surface area contributed by atoms with E-state index in [4.69, 9.17) is 0 Å². The second-order valence-corrected chi connectivity index (χ2v) is 3.64. The molecule has 0 saturated heterocycles. The summed E-state index contributed by atoms with van der Waals surface area (Å²) in [4.78, 5) is 0. The van der Waals surface area contributed by atoms with E-state index in [1.165, 1.54) is 25.7 Å². The van der Waals surface area contributed by atoms with Crippen molar-refractivity contribution in [2.45, 2.75) is 45.1 Å². The molecule has 0 aromatic heterocycles. The molecule has 1 N–H and O–H groups in total. The summed E-state index contributed by atoms with van der Waals surface area (Å²) >= 11 is 0. The molecular formula is C10H20N. The second kappa shape index (κ2) is 4.76. The van der Waals surface area contributed by atoms with Crippen LogP contribution in [0, 0.1) is 12.8 Å². The zero-order valence-electron chi connectivity index (χ0n) is 7.60. The van der Waals surface area contributed by atoms with E-state index in [2.05, 4.69) is 19.2 Å². The molecule has 1 aliphatic rings. The van der Waals surface area contributed by atoms with Crippen molar-refractivity contribution in [3.63, 3.8) is 0 Å². The van der Waals surface area contributed by atoms with Crippen molar-refractivity contribution < 1.29 is 0 Å². The maximum Gasteiger partial charge on any atom is 0.00669 e. The molecule has 0 amide bonds. The molecule has 0 aromatic carbocycles. The normalized spacial score (nSPS) is 22.4. The standard InChI is InChI=1S/C10H20N/c1-3-8-11-9(2)10-6-4-5-7-10/h9-11H,1,3-8H2,2H3. The lowest BCUT2D eigenvalue weighted by atomic mass is 10.00. The largest absolute Gasteiger partial charge is 0.314 e. The fourth-order valence-corrected chi connectivity index (χ4v) is 1.95. The van der Waals surface area contributed by atoms with Gasteiger partial charge in [-0.1, -0.05) is 19.8 Å². The highest BCUT2D eigenvalue weighted by atomic mass is 14.9. The molecule has 1 aliphatic carbocycles. The second-order valence-electron chi connectivity index (χ2n) is 3.64. The molecule has 1 radical (unpaired) electrons. The third-order valence-electron chi connectivity index (χ3n) is 2.75. The first kappa shape index (κ1) is 9.05. The maximum absolute atomic E-state index is 3.82. The average Bonchev–Trinajstić information content (AvgIpc) is 2.52. The van der Waals surface area contributed by atoms with Crippen molar-refractivity contribution in [3.05, 3.63) is 6.92 Å². The zero-order valence-corrected chi connectivity index (χ0v) is 7.60. The lowest BCUT2D eigenvalue weighted by molar-refractivity contribution is 0.385. The molecule has 0 bridgehead atoms. The molecule has 1 atom stereocenters. The van der Waals surface area contributed by atoms with E-state index >= 15 is 0 Å². The van der Waals surface area contributed by atoms with Crippen molar-refractivity contribution in [3.8, 4) is 0 Å². The molecule has 1 unspecified atom stereocenters. The molecule has 65 valence electrons. The Balaban J connectivity index is 2.12. The van der Waals surface area contributed by atoms with Crippen molar-refractivity contribution in [1.29, 1.82) is 0 Å². The van der Waals surface area contributed by atoms with Crippen LogP contribution in [0.2, 0.25) is 0 Å².